The predicted molar refractivity (Wildman–Crippen MR) is 119 cm³/mol. The molecule has 2 heterocycles. The molecule has 1 aromatic heterocycles. The second-order valence-corrected chi connectivity index (χ2v) is 7.69. The first kappa shape index (κ1) is 19.5. The highest BCUT2D eigenvalue weighted by Gasteiger charge is 2.28. The van der Waals surface area contributed by atoms with E-state index in [0.717, 1.165) is 33.5 Å². The summed E-state index contributed by atoms with van der Waals surface area (Å²) in [4.78, 5) is 4.93. The van der Waals surface area contributed by atoms with Gasteiger partial charge in [-0.1, -0.05) is 42.5 Å². The molecule has 4 aromatic rings. The van der Waals surface area contributed by atoms with Crippen LogP contribution in [0.1, 0.15) is 17.2 Å². The number of hydrogen-bond acceptors (Lipinski definition) is 5. The molecule has 5 rings (SSSR count). The fraction of sp³-hybridized carbons (Fsp3) is 0.240. The largest absolute Gasteiger partial charge is 0.502 e. The van der Waals surface area contributed by atoms with Crippen molar-refractivity contribution < 1.29 is 19.3 Å². The molecule has 0 spiro atoms. The van der Waals surface area contributed by atoms with E-state index in [1.54, 1.807) is 0 Å². The number of hydrogen-bond donors (Lipinski definition) is 1. The monoisotopic (exact) mass is 416 g/mol. The van der Waals surface area contributed by atoms with E-state index >= 15 is 0 Å². The van der Waals surface area contributed by atoms with Gasteiger partial charge in [-0.3, -0.25) is 0 Å². The summed E-state index contributed by atoms with van der Waals surface area (Å²) in [7, 11) is 1.54. The number of ether oxygens (including phenoxy) is 3. The lowest BCUT2D eigenvalue weighted by Crippen LogP contribution is -2.31. The van der Waals surface area contributed by atoms with Gasteiger partial charge in [0, 0.05) is 11.1 Å². The normalized spacial score (nSPS) is 13.9. The van der Waals surface area contributed by atoms with Crippen LogP contribution < -0.4 is 9.47 Å². The van der Waals surface area contributed by atoms with E-state index in [0.29, 0.717) is 31.3 Å². The minimum Gasteiger partial charge on any atom is -0.502 e. The Morgan fingerprint density at radius 1 is 1.10 bits per heavy atom. The minimum absolute atomic E-state index is 0.00526. The molecule has 1 aliphatic heterocycles. The standard InChI is InChI=1S/C25H24N2O4/c1-16-19(25-26-20-10-6-7-11-21(20)27(25)18-14-30-15-18)12-22(29-2)23(28)24(16)31-13-17-8-4-3-5-9-17/h3-12,18,28H,13-15H2,1-2H3. The van der Waals surface area contributed by atoms with Gasteiger partial charge in [0.25, 0.3) is 0 Å². The van der Waals surface area contributed by atoms with Crippen LogP contribution in [0.4, 0.5) is 0 Å². The Morgan fingerprint density at radius 3 is 2.55 bits per heavy atom. The number of para-hydroxylation sites is 2. The molecule has 1 N–H and O–H groups in total. The van der Waals surface area contributed by atoms with E-state index in [-0.39, 0.29) is 11.8 Å². The van der Waals surface area contributed by atoms with E-state index in [9.17, 15) is 5.11 Å². The fourth-order valence-corrected chi connectivity index (χ4v) is 3.99. The van der Waals surface area contributed by atoms with Crippen LogP contribution in [-0.4, -0.2) is 35.0 Å². The van der Waals surface area contributed by atoms with Crippen LogP contribution in [0.25, 0.3) is 22.4 Å². The van der Waals surface area contributed by atoms with E-state index in [2.05, 4.69) is 10.6 Å². The Kier molecular flexibility index (Phi) is 5.00. The Labute approximate surface area is 180 Å². The van der Waals surface area contributed by atoms with Gasteiger partial charge in [0.15, 0.2) is 11.5 Å². The maximum Gasteiger partial charge on any atom is 0.201 e. The molecule has 158 valence electrons. The lowest BCUT2D eigenvalue weighted by Gasteiger charge is -2.30. The smallest absolute Gasteiger partial charge is 0.201 e. The molecular formula is C25H24N2O4. The Balaban J connectivity index is 1.64. The van der Waals surface area contributed by atoms with Gasteiger partial charge in [0.2, 0.25) is 5.75 Å². The average Bonchev–Trinajstić information content (AvgIpc) is 3.12. The fourth-order valence-electron chi connectivity index (χ4n) is 3.99. The topological polar surface area (TPSA) is 65.7 Å². The molecular weight excluding hydrogens is 392 g/mol. The Hall–Kier alpha value is -3.51. The maximum absolute atomic E-state index is 10.8. The molecule has 31 heavy (non-hydrogen) atoms. The summed E-state index contributed by atoms with van der Waals surface area (Å²) >= 11 is 0. The zero-order chi connectivity index (χ0) is 21.4. The van der Waals surface area contributed by atoms with Gasteiger partial charge in [0.05, 0.1) is 37.4 Å². The number of aromatic hydroxyl groups is 1. The summed E-state index contributed by atoms with van der Waals surface area (Å²) in [5.41, 5.74) is 4.67. The van der Waals surface area contributed by atoms with Crippen molar-refractivity contribution in [2.75, 3.05) is 20.3 Å². The highest BCUT2D eigenvalue weighted by molar-refractivity contribution is 5.83. The molecule has 1 saturated heterocycles. The number of phenols is 1. The maximum atomic E-state index is 10.8. The molecule has 6 nitrogen and oxygen atoms in total. The number of methoxy groups -OCH3 is 1. The third-order valence-electron chi connectivity index (χ3n) is 5.74. The molecule has 1 aliphatic rings. The van der Waals surface area contributed by atoms with Gasteiger partial charge < -0.3 is 23.9 Å². The number of nitrogens with zero attached hydrogens (tertiary/aromatic N) is 2. The van der Waals surface area contributed by atoms with Crippen LogP contribution in [-0.2, 0) is 11.3 Å². The third-order valence-corrected chi connectivity index (χ3v) is 5.74. The number of phenolic OH excluding ortho intramolecular Hbond substituents is 1. The zero-order valence-electron chi connectivity index (χ0n) is 17.5. The lowest BCUT2D eigenvalue weighted by atomic mass is 10.0. The molecule has 1 fully saturated rings. The highest BCUT2D eigenvalue weighted by Crippen LogP contribution is 2.45. The second kappa shape index (κ2) is 7.96. The number of rotatable bonds is 6. The first-order valence-electron chi connectivity index (χ1n) is 10.3. The SMILES string of the molecule is COc1cc(-c2nc3ccccc3n2C2COC2)c(C)c(OCc2ccccc2)c1O. The van der Waals surface area contributed by atoms with Gasteiger partial charge in [0.1, 0.15) is 12.4 Å². The summed E-state index contributed by atoms with van der Waals surface area (Å²) in [6.45, 7) is 3.59. The molecule has 0 aliphatic carbocycles. The average molecular weight is 416 g/mol. The van der Waals surface area contributed by atoms with Crippen LogP contribution >= 0.6 is 0 Å². The number of fused-ring (bicyclic) bond motifs is 1. The van der Waals surface area contributed by atoms with Gasteiger partial charge in [-0.05, 0) is 30.7 Å². The summed E-state index contributed by atoms with van der Waals surface area (Å²) in [5, 5.41) is 10.8. The van der Waals surface area contributed by atoms with Gasteiger partial charge in [-0.15, -0.1) is 0 Å². The summed E-state index contributed by atoms with van der Waals surface area (Å²) in [6, 6.07) is 20.0. The molecule has 3 aromatic carbocycles. The Morgan fingerprint density at radius 2 is 1.84 bits per heavy atom. The van der Waals surface area contributed by atoms with E-state index in [1.165, 1.54) is 7.11 Å². The zero-order valence-corrected chi connectivity index (χ0v) is 17.5. The van der Waals surface area contributed by atoms with E-state index in [1.807, 2.05) is 61.5 Å². The van der Waals surface area contributed by atoms with Crippen molar-refractivity contribution in [2.24, 2.45) is 0 Å². The van der Waals surface area contributed by atoms with Crippen molar-refractivity contribution in [3.05, 3.63) is 71.8 Å². The van der Waals surface area contributed by atoms with Crippen molar-refractivity contribution >= 4 is 11.0 Å². The summed E-state index contributed by atoms with van der Waals surface area (Å²) in [5.74, 6) is 1.57. The van der Waals surface area contributed by atoms with Crippen LogP contribution in [0.15, 0.2) is 60.7 Å². The molecule has 6 heteroatoms. The van der Waals surface area contributed by atoms with Crippen LogP contribution in [0.3, 0.4) is 0 Å². The first-order chi connectivity index (χ1) is 15.2. The van der Waals surface area contributed by atoms with E-state index < -0.39 is 0 Å². The van der Waals surface area contributed by atoms with Crippen molar-refractivity contribution in [1.29, 1.82) is 0 Å². The van der Waals surface area contributed by atoms with Crippen LogP contribution in [0.2, 0.25) is 0 Å². The number of imidazole rings is 1. The summed E-state index contributed by atoms with van der Waals surface area (Å²) in [6.07, 6.45) is 0. The molecule has 0 atom stereocenters. The van der Waals surface area contributed by atoms with E-state index in [4.69, 9.17) is 19.2 Å². The molecule has 0 amide bonds. The molecule has 0 radical (unpaired) electrons. The highest BCUT2D eigenvalue weighted by atomic mass is 16.5. The van der Waals surface area contributed by atoms with Gasteiger partial charge >= 0.3 is 0 Å². The predicted octanol–water partition coefficient (Wildman–Crippen LogP) is 4.88. The minimum atomic E-state index is -0.00526. The summed E-state index contributed by atoms with van der Waals surface area (Å²) < 4.78 is 19.2. The Bertz CT molecular complexity index is 1230. The first-order valence-corrected chi connectivity index (χ1v) is 10.3. The third kappa shape index (κ3) is 3.39. The molecule has 0 bridgehead atoms. The quantitative estimate of drug-likeness (QED) is 0.485. The second-order valence-electron chi connectivity index (χ2n) is 7.69. The van der Waals surface area contributed by atoms with Crippen LogP contribution in [0, 0.1) is 6.92 Å². The van der Waals surface area contributed by atoms with Crippen molar-refractivity contribution in [3.63, 3.8) is 0 Å². The van der Waals surface area contributed by atoms with Crippen molar-refractivity contribution in [2.45, 2.75) is 19.6 Å². The number of aromatic nitrogens is 2. The van der Waals surface area contributed by atoms with Gasteiger partial charge in [-0.25, -0.2) is 4.98 Å². The number of benzene rings is 3. The van der Waals surface area contributed by atoms with Gasteiger partial charge in [-0.2, -0.15) is 0 Å². The lowest BCUT2D eigenvalue weighted by molar-refractivity contribution is -0.0209. The molecule has 0 unspecified atom stereocenters. The van der Waals surface area contributed by atoms with Crippen molar-refractivity contribution in [3.8, 4) is 28.6 Å². The molecule has 0 saturated carbocycles. The van der Waals surface area contributed by atoms with Crippen LogP contribution in [0.5, 0.6) is 17.2 Å². The van der Waals surface area contributed by atoms with Crippen molar-refractivity contribution in [1.82, 2.24) is 9.55 Å².